The van der Waals surface area contributed by atoms with Crippen LogP contribution in [0.5, 0.6) is 11.5 Å². The molecule has 1 aromatic rings. The monoisotopic (exact) mass is 334 g/mol. The Morgan fingerprint density at radius 2 is 2.08 bits per heavy atom. The third-order valence-corrected chi connectivity index (χ3v) is 3.74. The average Bonchev–Trinajstić information content (AvgIpc) is 3.01. The molecule has 0 aliphatic carbocycles. The number of carbonyl (C=O) groups is 2. The fourth-order valence-electron chi connectivity index (χ4n) is 2.60. The molecule has 2 N–H and O–H groups in total. The molecule has 128 valence electrons. The van der Waals surface area contributed by atoms with Crippen molar-refractivity contribution in [3.63, 3.8) is 0 Å². The molecule has 0 saturated carbocycles. The number of hydrogen-bond acceptors (Lipinski definition) is 6. The van der Waals surface area contributed by atoms with Gasteiger partial charge in [-0.1, -0.05) is 6.07 Å². The van der Waals surface area contributed by atoms with E-state index >= 15 is 0 Å². The van der Waals surface area contributed by atoms with Gasteiger partial charge in [0.15, 0.2) is 11.5 Å². The summed E-state index contributed by atoms with van der Waals surface area (Å²) in [5.41, 5.74) is 1.49. The summed E-state index contributed by atoms with van der Waals surface area (Å²) in [6.45, 7) is 2.24. The van der Waals surface area contributed by atoms with Crippen LogP contribution in [-0.4, -0.2) is 39.1 Å². The molecule has 2 aliphatic rings. The number of hydrogen-bond donors (Lipinski definition) is 2. The molecule has 3 rings (SSSR count). The fourth-order valence-corrected chi connectivity index (χ4v) is 2.60. The molecule has 8 nitrogen and oxygen atoms in total. The van der Waals surface area contributed by atoms with Crippen LogP contribution in [0.2, 0.25) is 0 Å². The Morgan fingerprint density at radius 3 is 2.88 bits per heavy atom. The number of carbonyl (C=O) groups excluding carboxylic acids is 2. The molecule has 2 heterocycles. The van der Waals surface area contributed by atoms with E-state index in [4.69, 9.17) is 18.9 Å². The Hall–Kier alpha value is -2.74. The van der Waals surface area contributed by atoms with E-state index in [-0.39, 0.29) is 19.4 Å². The van der Waals surface area contributed by atoms with Crippen LogP contribution in [0, 0.1) is 0 Å². The highest BCUT2D eigenvalue weighted by Gasteiger charge is 2.33. The largest absolute Gasteiger partial charge is 0.460 e. The van der Waals surface area contributed by atoms with Gasteiger partial charge in [0.1, 0.15) is 6.61 Å². The van der Waals surface area contributed by atoms with Crippen molar-refractivity contribution in [2.75, 3.05) is 27.1 Å². The number of amides is 2. The summed E-state index contributed by atoms with van der Waals surface area (Å²) < 4.78 is 20.7. The first-order valence-corrected chi connectivity index (χ1v) is 7.44. The summed E-state index contributed by atoms with van der Waals surface area (Å²) >= 11 is 0. The second-order valence-corrected chi connectivity index (χ2v) is 5.31. The topological polar surface area (TPSA) is 95.1 Å². The minimum atomic E-state index is -0.636. The summed E-state index contributed by atoms with van der Waals surface area (Å²) in [4.78, 5) is 24.3. The van der Waals surface area contributed by atoms with Crippen LogP contribution in [0.3, 0.4) is 0 Å². The van der Waals surface area contributed by atoms with Gasteiger partial charge in [0.05, 0.1) is 18.2 Å². The minimum absolute atomic E-state index is 0.133. The Balaban J connectivity index is 1.89. The number of ether oxygens (including phenoxy) is 4. The predicted molar refractivity (Wildman–Crippen MR) is 82.5 cm³/mol. The van der Waals surface area contributed by atoms with E-state index in [1.165, 1.54) is 7.11 Å². The van der Waals surface area contributed by atoms with Crippen molar-refractivity contribution in [1.29, 1.82) is 0 Å². The molecule has 0 fully saturated rings. The molecule has 2 aliphatic heterocycles. The van der Waals surface area contributed by atoms with Gasteiger partial charge >= 0.3 is 12.0 Å². The molecule has 8 heteroatoms. The molecule has 1 atom stereocenters. The van der Waals surface area contributed by atoms with Crippen molar-refractivity contribution in [2.45, 2.75) is 13.0 Å². The Morgan fingerprint density at radius 1 is 1.29 bits per heavy atom. The highest BCUT2D eigenvalue weighted by molar-refractivity contribution is 5.95. The minimum Gasteiger partial charge on any atom is -0.460 e. The average molecular weight is 334 g/mol. The number of fused-ring (bicyclic) bond motifs is 1. The number of esters is 1. The molecule has 1 aromatic carbocycles. The van der Waals surface area contributed by atoms with Gasteiger partial charge in [-0.25, -0.2) is 9.59 Å². The lowest BCUT2D eigenvalue weighted by Crippen LogP contribution is -2.45. The zero-order valence-electron chi connectivity index (χ0n) is 13.4. The van der Waals surface area contributed by atoms with Gasteiger partial charge in [-0.2, -0.15) is 0 Å². The first-order valence-electron chi connectivity index (χ1n) is 7.44. The van der Waals surface area contributed by atoms with E-state index in [1.807, 2.05) is 0 Å². The smallest absolute Gasteiger partial charge is 0.338 e. The lowest BCUT2D eigenvalue weighted by Gasteiger charge is -2.28. The maximum atomic E-state index is 12.4. The van der Waals surface area contributed by atoms with Gasteiger partial charge in [0.2, 0.25) is 6.79 Å². The first-order chi connectivity index (χ1) is 11.6. The van der Waals surface area contributed by atoms with Gasteiger partial charge in [0, 0.05) is 12.8 Å². The second kappa shape index (κ2) is 6.79. The number of urea groups is 1. The standard InChI is InChI=1S/C16H18N2O6/c1-9-13(15(19)22-6-5-21-2)14(18-16(20)17-9)10-3-4-11-12(7-10)24-8-23-11/h3-4,7,14H,5-6,8H2,1-2H3,(H2,17,18,20)/t14-/m0/s1. The zero-order valence-corrected chi connectivity index (χ0v) is 13.4. The molecular weight excluding hydrogens is 316 g/mol. The molecule has 2 amide bonds. The summed E-state index contributed by atoms with van der Waals surface area (Å²) in [5, 5.41) is 5.33. The number of allylic oxidation sites excluding steroid dienone is 1. The molecule has 24 heavy (non-hydrogen) atoms. The highest BCUT2D eigenvalue weighted by atomic mass is 16.7. The zero-order chi connectivity index (χ0) is 17.1. The van der Waals surface area contributed by atoms with Crippen molar-refractivity contribution in [3.8, 4) is 11.5 Å². The first kappa shape index (κ1) is 16.1. The van der Waals surface area contributed by atoms with Crippen LogP contribution in [0.25, 0.3) is 0 Å². The Labute approximate surface area is 138 Å². The van der Waals surface area contributed by atoms with Crippen LogP contribution in [0.1, 0.15) is 18.5 Å². The summed E-state index contributed by atoms with van der Waals surface area (Å²) in [6.07, 6.45) is 0. The number of benzene rings is 1. The molecule has 0 saturated heterocycles. The third-order valence-electron chi connectivity index (χ3n) is 3.74. The van der Waals surface area contributed by atoms with Crippen molar-refractivity contribution in [2.24, 2.45) is 0 Å². The van der Waals surface area contributed by atoms with Gasteiger partial charge in [0.25, 0.3) is 0 Å². The number of nitrogens with one attached hydrogen (secondary N) is 2. The summed E-state index contributed by atoms with van der Waals surface area (Å²) in [5.74, 6) is 0.689. The van der Waals surface area contributed by atoms with E-state index in [9.17, 15) is 9.59 Å². The number of rotatable bonds is 5. The Kier molecular flexibility index (Phi) is 4.57. The normalized spacial score (nSPS) is 18.9. The van der Waals surface area contributed by atoms with E-state index in [0.29, 0.717) is 34.9 Å². The highest BCUT2D eigenvalue weighted by Crippen LogP contribution is 2.36. The van der Waals surface area contributed by atoms with Crippen molar-refractivity contribution in [1.82, 2.24) is 10.6 Å². The fraction of sp³-hybridized carbons (Fsp3) is 0.375. The van der Waals surface area contributed by atoms with Crippen molar-refractivity contribution in [3.05, 3.63) is 35.0 Å². The third kappa shape index (κ3) is 3.13. The van der Waals surface area contributed by atoms with Crippen molar-refractivity contribution < 1.29 is 28.5 Å². The maximum Gasteiger partial charge on any atom is 0.338 e. The van der Waals surface area contributed by atoms with Crippen LogP contribution in [0.4, 0.5) is 4.79 Å². The molecule has 0 bridgehead atoms. The Bertz CT molecular complexity index is 700. The van der Waals surface area contributed by atoms with E-state index in [1.54, 1.807) is 25.1 Å². The van der Waals surface area contributed by atoms with Crippen LogP contribution < -0.4 is 20.1 Å². The van der Waals surface area contributed by atoms with Crippen LogP contribution in [0.15, 0.2) is 29.5 Å². The molecule has 0 radical (unpaired) electrons. The lowest BCUT2D eigenvalue weighted by molar-refractivity contribution is -0.140. The van der Waals surface area contributed by atoms with Crippen LogP contribution >= 0.6 is 0 Å². The second-order valence-electron chi connectivity index (χ2n) is 5.31. The van der Waals surface area contributed by atoms with E-state index in [2.05, 4.69) is 10.6 Å². The van der Waals surface area contributed by atoms with Gasteiger partial charge in [-0.15, -0.1) is 0 Å². The number of methoxy groups -OCH3 is 1. The summed E-state index contributed by atoms with van der Waals surface area (Å²) in [6, 6.07) is 4.25. The van der Waals surface area contributed by atoms with E-state index < -0.39 is 12.0 Å². The molecule has 0 unspecified atom stereocenters. The SMILES string of the molecule is COCCOC(=O)C1=C(C)NC(=O)N[C@H]1c1ccc2c(c1)OCO2. The maximum absolute atomic E-state index is 12.4. The quantitative estimate of drug-likeness (QED) is 0.621. The van der Waals surface area contributed by atoms with Gasteiger partial charge < -0.3 is 29.6 Å². The van der Waals surface area contributed by atoms with Gasteiger partial charge in [-0.05, 0) is 24.6 Å². The predicted octanol–water partition coefficient (Wildman–Crippen LogP) is 1.23. The van der Waals surface area contributed by atoms with Crippen LogP contribution in [-0.2, 0) is 14.3 Å². The van der Waals surface area contributed by atoms with Gasteiger partial charge in [-0.3, -0.25) is 0 Å². The van der Waals surface area contributed by atoms with Crippen molar-refractivity contribution >= 4 is 12.0 Å². The molecular formula is C16H18N2O6. The van der Waals surface area contributed by atoms with E-state index in [0.717, 1.165) is 0 Å². The molecule has 0 spiro atoms. The lowest BCUT2D eigenvalue weighted by atomic mass is 9.95. The molecule has 0 aromatic heterocycles. The summed E-state index contributed by atoms with van der Waals surface area (Å²) in [7, 11) is 1.52.